The minimum Gasteiger partial charge on any atom is -0.459 e. The number of nitrogens with two attached hydrogens (primary N) is 1. The lowest BCUT2D eigenvalue weighted by Crippen LogP contribution is -2.39. The Bertz CT molecular complexity index is 3440. The molecule has 414 valence electrons. The van der Waals surface area contributed by atoms with Gasteiger partial charge in [0.05, 0.1) is 24.1 Å². The lowest BCUT2D eigenvalue weighted by atomic mass is 10.1. The van der Waals surface area contributed by atoms with E-state index in [1.807, 2.05) is 0 Å². The molecule has 2 aliphatic rings. The van der Waals surface area contributed by atoms with Crippen LogP contribution in [0.5, 0.6) is 6.01 Å². The first-order valence-corrected chi connectivity index (χ1v) is 24.1. The summed E-state index contributed by atoms with van der Waals surface area (Å²) >= 11 is 0. The van der Waals surface area contributed by atoms with Gasteiger partial charge in [-0.3, -0.25) is 18.7 Å². The van der Waals surface area contributed by atoms with Gasteiger partial charge in [-0.25, -0.2) is 33.2 Å². The number of anilines is 2. The standard InChI is InChI=1S/C39H30N6O10.C13H17F2N5O5/c1-52-31-30(55-38(49)27-20-12-5-13-21-27)28(22-53-37(48)26-18-10-4-11-19-26)54-36(31)43-23-40-29-32(43)41-39(45(50)51)42-33(29)44(34(46)24-14-6-2-7-15-24)35(47)25-16-8-3-9-17-25;1-23-9-8(22)5(2-21)25-12(9)20-4-17-7-10(16)18-13(19-11(7)20)24-3-6(14)15/h2-21,23,28,30-31,36H,22H2,1H3;4-6,8-9,12,21-22H,2-3H2,1H3,(H2,16,18,19)/t28-,30-,31-,36-;5-,8-,9-,12-/m11/s1. The number of esters is 2. The van der Waals surface area contributed by atoms with Crippen LogP contribution in [-0.2, 0) is 28.4 Å². The summed E-state index contributed by atoms with van der Waals surface area (Å²) in [5.41, 5.74) is 6.44. The van der Waals surface area contributed by atoms with Crippen molar-refractivity contribution in [3.8, 4) is 6.01 Å². The van der Waals surface area contributed by atoms with Crippen molar-refractivity contribution in [2.24, 2.45) is 0 Å². The minimum absolute atomic E-state index is 0.0563. The molecule has 4 N–H and O–H groups in total. The zero-order valence-corrected chi connectivity index (χ0v) is 42.0. The second kappa shape index (κ2) is 24.6. The van der Waals surface area contributed by atoms with Crippen LogP contribution >= 0.6 is 0 Å². The third-order valence-corrected chi connectivity index (χ3v) is 12.5. The Kier molecular flexibility index (Phi) is 17.0. The van der Waals surface area contributed by atoms with Crippen LogP contribution in [0.25, 0.3) is 22.3 Å². The second-order valence-electron chi connectivity index (χ2n) is 17.4. The van der Waals surface area contributed by atoms with Gasteiger partial charge in [0, 0.05) is 25.3 Å². The van der Waals surface area contributed by atoms with E-state index in [-0.39, 0.29) is 56.4 Å². The van der Waals surface area contributed by atoms with Crippen LogP contribution in [0.3, 0.4) is 0 Å². The molecule has 8 aromatic rings. The first-order valence-electron chi connectivity index (χ1n) is 24.1. The number of fused-ring (bicyclic) bond motifs is 2. The number of methoxy groups -OCH3 is 2. The largest absolute Gasteiger partial charge is 0.473 e. The molecule has 4 aromatic carbocycles. The molecule has 8 atom stereocenters. The van der Waals surface area contributed by atoms with Crippen LogP contribution < -0.4 is 15.4 Å². The minimum atomic E-state index is -2.69. The van der Waals surface area contributed by atoms with Crippen LogP contribution in [0.4, 0.5) is 26.4 Å². The Balaban J connectivity index is 0.000000258. The topological polar surface area (TPSA) is 333 Å². The van der Waals surface area contributed by atoms with Crippen molar-refractivity contribution in [3.63, 3.8) is 0 Å². The van der Waals surface area contributed by atoms with Gasteiger partial charge in [-0.2, -0.15) is 9.97 Å². The quantitative estimate of drug-likeness (QED) is 0.0488. The third kappa shape index (κ3) is 11.6. The number of amides is 2. The molecule has 0 unspecified atom stereocenters. The van der Waals surface area contributed by atoms with Crippen molar-refractivity contribution in [3.05, 3.63) is 166 Å². The summed E-state index contributed by atoms with van der Waals surface area (Å²) in [6.45, 7) is -1.69. The Morgan fingerprint density at radius 1 is 0.700 bits per heavy atom. The number of halogens is 2. The monoisotopic (exact) mass is 1100 g/mol. The number of carbonyl (C=O) groups excluding carboxylic acids is 4. The Morgan fingerprint density at radius 2 is 1.20 bits per heavy atom. The van der Waals surface area contributed by atoms with Crippen LogP contribution in [0.1, 0.15) is 53.9 Å². The van der Waals surface area contributed by atoms with Crippen LogP contribution in [0.2, 0.25) is 0 Å². The van der Waals surface area contributed by atoms with E-state index in [1.54, 1.807) is 97.1 Å². The molecule has 2 saturated heterocycles. The number of nitrogens with zero attached hydrogens (tertiary/aromatic N) is 10. The van der Waals surface area contributed by atoms with E-state index in [2.05, 4.69) is 29.9 Å². The molecule has 2 aliphatic heterocycles. The van der Waals surface area contributed by atoms with Gasteiger partial charge in [-0.1, -0.05) is 72.8 Å². The molecule has 6 heterocycles. The number of hydrogen-bond acceptors (Lipinski definition) is 22. The first-order chi connectivity index (χ1) is 38.7. The van der Waals surface area contributed by atoms with E-state index in [9.17, 15) is 48.3 Å². The van der Waals surface area contributed by atoms with Crippen LogP contribution in [0, 0.1) is 10.1 Å². The van der Waals surface area contributed by atoms with Crippen molar-refractivity contribution in [1.29, 1.82) is 0 Å². The maximum Gasteiger partial charge on any atom is 0.473 e. The van der Waals surface area contributed by atoms with Gasteiger partial charge in [0.1, 0.15) is 43.5 Å². The lowest BCUT2D eigenvalue weighted by Gasteiger charge is -2.23. The summed E-state index contributed by atoms with van der Waals surface area (Å²) in [5.74, 6) is -4.53. The van der Waals surface area contributed by atoms with Crippen LogP contribution in [-0.4, -0.2) is 155 Å². The number of carbonyl (C=O) groups is 4. The van der Waals surface area contributed by atoms with Gasteiger partial charge < -0.3 is 59.2 Å². The van der Waals surface area contributed by atoms with Gasteiger partial charge >= 0.3 is 23.9 Å². The predicted molar refractivity (Wildman–Crippen MR) is 272 cm³/mol. The Hall–Kier alpha value is -9.32. The van der Waals surface area contributed by atoms with E-state index in [0.29, 0.717) is 4.90 Å². The molecule has 0 bridgehead atoms. The first kappa shape index (κ1) is 55.4. The smallest absolute Gasteiger partial charge is 0.459 e. The number of imide groups is 1. The van der Waals surface area contributed by atoms with E-state index in [1.165, 1.54) is 60.3 Å². The predicted octanol–water partition coefficient (Wildman–Crippen LogP) is 4.53. The Morgan fingerprint density at radius 3 is 1.73 bits per heavy atom. The maximum absolute atomic E-state index is 14.1. The molecular formula is C52H47F2N11O15. The molecule has 10 rings (SSSR count). The molecule has 0 radical (unpaired) electrons. The van der Waals surface area contributed by atoms with E-state index in [0.717, 1.165) is 0 Å². The number of rotatable bonds is 17. The summed E-state index contributed by atoms with van der Waals surface area (Å²) in [7, 11) is 2.72. The van der Waals surface area contributed by atoms with Crippen LogP contribution in [0.15, 0.2) is 134 Å². The van der Waals surface area contributed by atoms with Gasteiger partial charge in [-0.15, -0.1) is 0 Å². The highest BCUT2D eigenvalue weighted by Gasteiger charge is 2.51. The van der Waals surface area contributed by atoms with Crippen molar-refractivity contribution in [2.75, 3.05) is 44.7 Å². The molecular weight excluding hydrogens is 1060 g/mol. The highest BCUT2D eigenvalue weighted by Crippen LogP contribution is 2.39. The normalized spacial score (nSPS) is 20.5. The number of nitrogen functional groups attached to an aromatic ring is 1. The highest BCUT2D eigenvalue weighted by molar-refractivity contribution is 6.27. The van der Waals surface area contributed by atoms with Crippen molar-refractivity contribution in [2.45, 2.75) is 55.5 Å². The summed E-state index contributed by atoms with van der Waals surface area (Å²) in [4.78, 5) is 91.1. The SMILES string of the molecule is CO[C@@H]1[C@H](O)[C@@H](CO)O[C@H]1n1cnc2c(N)nc(OCC(F)F)nc21.CO[C@@H]1[C@H](OC(=O)c2ccccc2)[C@@H](COC(=O)c2ccccc2)O[C@H]1n1cnc2c(N(C(=O)c3ccccc3)C(=O)c3ccccc3)nc([N+](=O)[O-])nc21. The molecule has 26 nitrogen and oxygen atoms in total. The van der Waals surface area contributed by atoms with Crippen molar-refractivity contribution >= 4 is 63.7 Å². The van der Waals surface area contributed by atoms with E-state index >= 15 is 0 Å². The molecule has 4 aromatic heterocycles. The van der Waals surface area contributed by atoms with Gasteiger partial charge in [-0.05, 0) is 63.4 Å². The molecule has 80 heavy (non-hydrogen) atoms. The number of benzene rings is 4. The molecule has 2 fully saturated rings. The number of imidazole rings is 2. The fraction of sp³-hybridized carbons (Fsp3) is 0.269. The molecule has 2 amide bonds. The maximum atomic E-state index is 14.1. The number of ether oxygens (including phenoxy) is 7. The summed E-state index contributed by atoms with van der Waals surface area (Å²) < 4.78 is 66.6. The molecule has 0 saturated carbocycles. The summed E-state index contributed by atoms with van der Waals surface area (Å²) in [5, 5.41) is 31.7. The van der Waals surface area contributed by atoms with Gasteiger partial charge in [0.2, 0.25) is 5.65 Å². The zero-order chi connectivity index (χ0) is 56.6. The number of aliphatic hydroxyl groups is 2. The fourth-order valence-electron chi connectivity index (χ4n) is 8.71. The second-order valence-corrected chi connectivity index (χ2v) is 17.4. The van der Waals surface area contributed by atoms with Gasteiger partial charge in [0.15, 0.2) is 47.7 Å². The Labute approximate surface area is 450 Å². The number of aliphatic hydroxyl groups excluding tert-OH is 2. The number of hydrogen-bond donors (Lipinski definition) is 3. The van der Waals surface area contributed by atoms with E-state index < -0.39 is 116 Å². The highest BCUT2D eigenvalue weighted by atomic mass is 19.3. The summed E-state index contributed by atoms with van der Waals surface area (Å²) in [6.07, 6.45) is -8.45. The fourth-order valence-corrected chi connectivity index (χ4v) is 8.71. The van der Waals surface area contributed by atoms with E-state index in [4.69, 9.17) is 38.9 Å². The zero-order valence-electron chi connectivity index (χ0n) is 42.0. The summed E-state index contributed by atoms with van der Waals surface area (Å²) in [6, 6.07) is 31.8. The molecule has 28 heteroatoms. The number of alkyl halides is 2. The molecule has 0 spiro atoms. The average molecular weight is 1100 g/mol. The van der Waals surface area contributed by atoms with Crippen molar-refractivity contribution in [1.82, 2.24) is 39.0 Å². The average Bonchev–Trinajstić information content (AvgIpc) is 4.29. The number of nitro groups is 1. The number of aromatic nitrogens is 8. The molecule has 0 aliphatic carbocycles. The van der Waals surface area contributed by atoms with Gasteiger partial charge in [0.25, 0.3) is 24.1 Å². The lowest BCUT2D eigenvalue weighted by molar-refractivity contribution is -0.394. The third-order valence-electron chi connectivity index (χ3n) is 12.5. The van der Waals surface area contributed by atoms with Crippen molar-refractivity contribution < 1.29 is 76.3 Å².